The number of rotatable bonds is 6. The second-order valence-electron chi connectivity index (χ2n) is 4.10. The molecule has 1 aromatic heterocycles. The first-order valence-electron chi connectivity index (χ1n) is 6.19. The number of aromatic nitrogens is 4. The highest BCUT2D eigenvalue weighted by Crippen LogP contribution is 2.26. The molecule has 0 aliphatic heterocycles. The van der Waals surface area contributed by atoms with Gasteiger partial charge in [0.2, 0.25) is 5.95 Å². The van der Waals surface area contributed by atoms with E-state index in [4.69, 9.17) is 15.2 Å². The van der Waals surface area contributed by atoms with Crippen LogP contribution in [0.4, 0.5) is 5.95 Å². The van der Waals surface area contributed by atoms with Gasteiger partial charge in [0.1, 0.15) is 6.54 Å². The van der Waals surface area contributed by atoms with Crippen LogP contribution in [0.25, 0.3) is 0 Å². The molecule has 1 amide bonds. The molecule has 0 unspecified atom stereocenters. The number of nitrogens with one attached hydrogen (secondary N) is 1. The number of hydrogen-bond acceptors (Lipinski definition) is 8. The lowest BCUT2D eigenvalue weighted by Gasteiger charge is -2.07. The second kappa shape index (κ2) is 7.02. The lowest BCUT2D eigenvalue weighted by molar-refractivity contribution is -0.121. The fraction of sp³-hybridized carbons (Fsp3) is 0.250. The highest BCUT2D eigenvalue weighted by Gasteiger charge is 2.07. The third-order valence-electron chi connectivity index (χ3n) is 2.66. The van der Waals surface area contributed by atoms with E-state index in [1.165, 1.54) is 13.3 Å². The number of anilines is 1. The predicted molar refractivity (Wildman–Crippen MR) is 77.5 cm³/mol. The normalized spacial score (nSPS) is 10.6. The quantitative estimate of drug-likeness (QED) is 0.539. The van der Waals surface area contributed by atoms with Gasteiger partial charge in [0.05, 0.1) is 20.4 Å². The molecule has 1 heterocycles. The molecule has 0 aliphatic carbocycles. The van der Waals surface area contributed by atoms with Crippen LogP contribution in [0, 0.1) is 0 Å². The molecule has 0 fully saturated rings. The van der Waals surface area contributed by atoms with Crippen molar-refractivity contribution in [3.8, 4) is 11.5 Å². The lowest BCUT2D eigenvalue weighted by Crippen LogP contribution is -2.24. The van der Waals surface area contributed by atoms with E-state index < -0.39 is 5.91 Å². The average molecular weight is 305 g/mol. The van der Waals surface area contributed by atoms with E-state index >= 15 is 0 Å². The van der Waals surface area contributed by atoms with Crippen molar-refractivity contribution < 1.29 is 14.3 Å². The number of nitrogens with zero attached hydrogens (tertiary/aromatic N) is 5. The number of ether oxygens (including phenoxy) is 2. The highest BCUT2D eigenvalue weighted by atomic mass is 16.5. The Morgan fingerprint density at radius 3 is 2.82 bits per heavy atom. The first-order chi connectivity index (χ1) is 10.6. The van der Waals surface area contributed by atoms with Crippen molar-refractivity contribution in [1.29, 1.82) is 0 Å². The van der Waals surface area contributed by atoms with Crippen molar-refractivity contribution in [3.05, 3.63) is 23.8 Å². The van der Waals surface area contributed by atoms with Gasteiger partial charge in [-0.05, 0) is 34.2 Å². The van der Waals surface area contributed by atoms with Gasteiger partial charge in [0.25, 0.3) is 5.91 Å². The summed E-state index contributed by atoms with van der Waals surface area (Å²) in [6.45, 7) is -0.123. The SMILES string of the molecule is COc1ccc(/C=N/NC(=O)Cn2nnnc2N)cc1OC. The summed E-state index contributed by atoms with van der Waals surface area (Å²) in [4.78, 5) is 11.6. The van der Waals surface area contributed by atoms with Gasteiger partial charge in [0.15, 0.2) is 11.5 Å². The molecule has 10 heteroatoms. The van der Waals surface area contributed by atoms with Gasteiger partial charge >= 0.3 is 0 Å². The topological polar surface area (TPSA) is 130 Å². The molecule has 0 aliphatic rings. The number of nitrogen functional groups attached to an aromatic ring is 1. The van der Waals surface area contributed by atoms with E-state index in [0.717, 1.165) is 10.2 Å². The van der Waals surface area contributed by atoms with Gasteiger partial charge in [-0.15, -0.1) is 0 Å². The number of methoxy groups -OCH3 is 2. The van der Waals surface area contributed by atoms with E-state index in [9.17, 15) is 4.79 Å². The van der Waals surface area contributed by atoms with Crippen LogP contribution in [0.5, 0.6) is 11.5 Å². The number of hydrogen-bond donors (Lipinski definition) is 2. The van der Waals surface area contributed by atoms with E-state index in [1.807, 2.05) is 0 Å². The Bertz CT molecular complexity index is 683. The summed E-state index contributed by atoms with van der Waals surface area (Å²) >= 11 is 0. The van der Waals surface area contributed by atoms with Crippen LogP contribution in [0.1, 0.15) is 5.56 Å². The summed E-state index contributed by atoms with van der Waals surface area (Å²) in [6, 6.07) is 5.24. The Labute approximate surface area is 125 Å². The summed E-state index contributed by atoms with van der Waals surface area (Å²) in [5.41, 5.74) is 8.54. The largest absolute Gasteiger partial charge is 0.493 e. The third kappa shape index (κ3) is 3.69. The van der Waals surface area contributed by atoms with Crippen LogP contribution in [0.3, 0.4) is 0 Å². The van der Waals surface area contributed by atoms with E-state index in [-0.39, 0.29) is 12.5 Å². The molecule has 0 spiro atoms. The summed E-state index contributed by atoms with van der Waals surface area (Å²) in [7, 11) is 3.09. The average Bonchev–Trinajstić information content (AvgIpc) is 2.92. The lowest BCUT2D eigenvalue weighted by atomic mass is 10.2. The number of benzene rings is 1. The zero-order chi connectivity index (χ0) is 15.9. The predicted octanol–water partition coefficient (Wildman–Crippen LogP) is -0.577. The Balaban J connectivity index is 1.94. The Hall–Kier alpha value is -3.17. The summed E-state index contributed by atoms with van der Waals surface area (Å²) < 4.78 is 11.5. The molecule has 10 nitrogen and oxygen atoms in total. The van der Waals surface area contributed by atoms with Crippen LogP contribution in [-0.2, 0) is 11.3 Å². The molecule has 0 radical (unpaired) electrons. The monoisotopic (exact) mass is 305 g/mol. The van der Waals surface area contributed by atoms with E-state index in [1.54, 1.807) is 25.3 Å². The minimum Gasteiger partial charge on any atom is -0.493 e. The fourth-order valence-electron chi connectivity index (χ4n) is 1.61. The summed E-state index contributed by atoms with van der Waals surface area (Å²) in [5.74, 6) is 0.826. The molecule has 2 aromatic rings. The molecular weight excluding hydrogens is 290 g/mol. The number of carbonyl (C=O) groups excluding carboxylic acids is 1. The first-order valence-corrected chi connectivity index (χ1v) is 6.19. The molecule has 1 aromatic carbocycles. The maximum absolute atomic E-state index is 11.6. The van der Waals surface area contributed by atoms with Crippen molar-refractivity contribution in [2.24, 2.45) is 5.10 Å². The van der Waals surface area contributed by atoms with Crippen LogP contribution < -0.4 is 20.6 Å². The number of nitrogens with two attached hydrogens (primary N) is 1. The molecule has 0 atom stereocenters. The highest BCUT2D eigenvalue weighted by molar-refractivity contribution is 5.83. The van der Waals surface area contributed by atoms with Crippen LogP contribution in [0.15, 0.2) is 23.3 Å². The van der Waals surface area contributed by atoms with Crippen LogP contribution >= 0.6 is 0 Å². The number of hydrazone groups is 1. The molecule has 0 bridgehead atoms. The molecule has 22 heavy (non-hydrogen) atoms. The molecular formula is C12H15N7O3. The minimum atomic E-state index is -0.407. The van der Waals surface area contributed by atoms with Gasteiger partial charge in [0, 0.05) is 0 Å². The smallest absolute Gasteiger partial charge is 0.261 e. The maximum atomic E-state index is 11.6. The van der Waals surface area contributed by atoms with Crippen molar-refractivity contribution >= 4 is 18.1 Å². The molecule has 0 saturated carbocycles. The van der Waals surface area contributed by atoms with Gasteiger partial charge in [-0.2, -0.15) is 5.10 Å². The number of tetrazole rings is 1. The number of amides is 1. The molecule has 0 saturated heterocycles. The van der Waals surface area contributed by atoms with E-state index in [0.29, 0.717) is 11.5 Å². The van der Waals surface area contributed by atoms with Crippen molar-refractivity contribution in [1.82, 2.24) is 25.6 Å². The van der Waals surface area contributed by atoms with Gasteiger partial charge < -0.3 is 15.2 Å². The minimum absolute atomic E-state index is 0.0546. The Morgan fingerprint density at radius 2 is 2.18 bits per heavy atom. The van der Waals surface area contributed by atoms with Crippen LogP contribution in [-0.4, -0.2) is 46.5 Å². The zero-order valence-electron chi connectivity index (χ0n) is 12.1. The maximum Gasteiger partial charge on any atom is 0.261 e. The first kappa shape index (κ1) is 15.2. The second-order valence-corrected chi connectivity index (χ2v) is 4.10. The number of carbonyl (C=O) groups is 1. The Kier molecular flexibility index (Phi) is 4.85. The van der Waals surface area contributed by atoms with Crippen LogP contribution in [0.2, 0.25) is 0 Å². The molecule has 3 N–H and O–H groups in total. The Morgan fingerprint density at radius 1 is 1.41 bits per heavy atom. The van der Waals surface area contributed by atoms with Crippen molar-refractivity contribution in [2.75, 3.05) is 20.0 Å². The fourth-order valence-corrected chi connectivity index (χ4v) is 1.61. The summed E-state index contributed by atoms with van der Waals surface area (Å²) in [6.07, 6.45) is 1.48. The van der Waals surface area contributed by atoms with Crippen molar-refractivity contribution in [3.63, 3.8) is 0 Å². The van der Waals surface area contributed by atoms with Gasteiger partial charge in [-0.25, -0.2) is 10.1 Å². The van der Waals surface area contributed by atoms with Gasteiger partial charge in [-0.1, -0.05) is 5.10 Å². The van der Waals surface area contributed by atoms with Crippen molar-refractivity contribution in [2.45, 2.75) is 6.54 Å². The van der Waals surface area contributed by atoms with Gasteiger partial charge in [-0.3, -0.25) is 4.79 Å². The third-order valence-corrected chi connectivity index (χ3v) is 2.66. The molecule has 2 rings (SSSR count). The zero-order valence-corrected chi connectivity index (χ0v) is 12.1. The van der Waals surface area contributed by atoms with E-state index in [2.05, 4.69) is 26.1 Å². The molecule has 116 valence electrons. The summed E-state index contributed by atoms with van der Waals surface area (Å²) in [5, 5.41) is 14.2. The standard InChI is InChI=1S/C12H15N7O3/c1-21-9-4-3-8(5-10(9)22-2)6-14-15-11(20)7-19-12(13)16-17-18-19/h3-6H,7H2,1-2H3,(H,15,20)(H2,13,16,18)/b14-6+.